The summed E-state index contributed by atoms with van der Waals surface area (Å²) < 4.78 is 50.8. The minimum absolute atomic E-state index is 0.0240. The first kappa shape index (κ1) is 17.3. The van der Waals surface area contributed by atoms with E-state index in [9.17, 15) is 23.3 Å². The molecule has 0 aliphatic carbocycles. The van der Waals surface area contributed by atoms with Crippen LogP contribution in [0, 0.1) is 10.1 Å². The van der Waals surface area contributed by atoms with Crippen LogP contribution in [0.4, 0.5) is 19.0 Å². The number of H-pyrrole nitrogens is 1. The molecule has 12 heteroatoms. The lowest BCUT2D eigenvalue weighted by molar-refractivity contribution is -0.389. The molecule has 1 atom stereocenters. The van der Waals surface area contributed by atoms with Gasteiger partial charge in [-0.25, -0.2) is 4.98 Å². The molecule has 3 heterocycles. The van der Waals surface area contributed by atoms with Crippen molar-refractivity contribution >= 4 is 16.9 Å². The molecule has 1 aromatic carbocycles. The van der Waals surface area contributed by atoms with Gasteiger partial charge in [0.25, 0.3) is 0 Å². The SMILES string of the molecule is O=[N+]([O-])c1cn2c(n1)OC[C@@H](OCc1nc3cc(C(F)(F)F)ccc3[nH]1)C2. The molecule has 0 radical (unpaired) electrons. The van der Waals surface area contributed by atoms with Gasteiger partial charge >= 0.3 is 18.0 Å². The number of imidazole rings is 2. The first-order chi connectivity index (χ1) is 12.8. The Morgan fingerprint density at radius 3 is 2.96 bits per heavy atom. The van der Waals surface area contributed by atoms with Gasteiger partial charge in [-0.3, -0.25) is 4.57 Å². The first-order valence-corrected chi connectivity index (χ1v) is 7.81. The fourth-order valence-corrected chi connectivity index (χ4v) is 2.76. The van der Waals surface area contributed by atoms with Crippen molar-refractivity contribution in [3.8, 4) is 6.01 Å². The van der Waals surface area contributed by atoms with Gasteiger partial charge in [0.05, 0.1) is 23.1 Å². The number of hydrogen-bond donors (Lipinski definition) is 1. The van der Waals surface area contributed by atoms with E-state index >= 15 is 0 Å². The van der Waals surface area contributed by atoms with Gasteiger partial charge in [0.1, 0.15) is 31.3 Å². The molecule has 0 bridgehead atoms. The molecule has 3 aromatic rings. The number of nitro groups is 1. The third-order valence-electron chi connectivity index (χ3n) is 4.03. The van der Waals surface area contributed by atoms with Crippen LogP contribution in [0.5, 0.6) is 6.01 Å². The highest BCUT2D eigenvalue weighted by Crippen LogP contribution is 2.31. The molecule has 2 aromatic heterocycles. The Morgan fingerprint density at radius 2 is 2.22 bits per heavy atom. The van der Waals surface area contributed by atoms with Crippen LogP contribution in [-0.2, 0) is 24.1 Å². The van der Waals surface area contributed by atoms with Crippen molar-refractivity contribution in [2.24, 2.45) is 0 Å². The average Bonchev–Trinajstić information content (AvgIpc) is 3.21. The number of fused-ring (bicyclic) bond motifs is 2. The molecule has 27 heavy (non-hydrogen) atoms. The van der Waals surface area contributed by atoms with Crippen LogP contribution in [0.3, 0.4) is 0 Å². The van der Waals surface area contributed by atoms with Crippen LogP contribution in [0.1, 0.15) is 11.4 Å². The molecule has 0 amide bonds. The van der Waals surface area contributed by atoms with Crippen molar-refractivity contribution in [1.82, 2.24) is 19.5 Å². The maximum absolute atomic E-state index is 12.8. The number of nitrogens with one attached hydrogen (secondary N) is 1. The van der Waals surface area contributed by atoms with Crippen molar-refractivity contribution in [2.75, 3.05) is 6.61 Å². The van der Waals surface area contributed by atoms with Crippen LogP contribution >= 0.6 is 0 Å². The maximum Gasteiger partial charge on any atom is 0.416 e. The van der Waals surface area contributed by atoms with Gasteiger partial charge in [0.2, 0.25) is 0 Å². The van der Waals surface area contributed by atoms with Crippen molar-refractivity contribution in [2.45, 2.75) is 25.4 Å². The van der Waals surface area contributed by atoms with Crippen LogP contribution in [-0.4, -0.2) is 37.2 Å². The van der Waals surface area contributed by atoms with Crippen molar-refractivity contribution in [3.63, 3.8) is 0 Å². The molecule has 4 rings (SSSR count). The molecule has 1 aliphatic heterocycles. The normalized spacial score (nSPS) is 16.9. The van der Waals surface area contributed by atoms with Crippen LogP contribution < -0.4 is 4.74 Å². The fraction of sp³-hybridized carbons (Fsp3) is 0.333. The summed E-state index contributed by atoms with van der Waals surface area (Å²) >= 11 is 0. The Hall–Kier alpha value is -3.15. The van der Waals surface area contributed by atoms with E-state index in [-0.39, 0.29) is 30.6 Å². The van der Waals surface area contributed by atoms with E-state index in [2.05, 4.69) is 15.0 Å². The number of nitrogens with zero attached hydrogens (tertiary/aromatic N) is 4. The second kappa shape index (κ2) is 6.23. The predicted molar refractivity (Wildman–Crippen MR) is 84.0 cm³/mol. The van der Waals surface area contributed by atoms with Gasteiger partial charge in [-0.1, -0.05) is 0 Å². The van der Waals surface area contributed by atoms with Gasteiger partial charge in [-0.15, -0.1) is 0 Å². The Morgan fingerprint density at radius 1 is 1.41 bits per heavy atom. The number of benzene rings is 1. The molecule has 1 N–H and O–H groups in total. The number of alkyl halides is 3. The average molecular weight is 383 g/mol. The summed E-state index contributed by atoms with van der Waals surface area (Å²) in [6, 6.07) is 3.41. The third kappa shape index (κ3) is 3.43. The van der Waals surface area contributed by atoms with Crippen LogP contribution in [0.2, 0.25) is 0 Å². The van der Waals surface area contributed by atoms with Crippen molar-refractivity contribution in [3.05, 3.63) is 45.9 Å². The maximum atomic E-state index is 12.8. The summed E-state index contributed by atoms with van der Waals surface area (Å²) in [4.78, 5) is 20.9. The minimum atomic E-state index is -4.44. The van der Waals surface area contributed by atoms with E-state index in [1.807, 2.05) is 0 Å². The Balaban J connectivity index is 1.43. The van der Waals surface area contributed by atoms with E-state index in [0.717, 1.165) is 12.1 Å². The minimum Gasteiger partial charge on any atom is -0.443 e. The molecule has 0 saturated carbocycles. The summed E-state index contributed by atoms with van der Waals surface area (Å²) in [6.45, 7) is 0.470. The van der Waals surface area contributed by atoms with Gasteiger partial charge in [0, 0.05) is 4.98 Å². The number of ether oxygens (including phenoxy) is 2. The molecule has 1 aliphatic rings. The van der Waals surface area contributed by atoms with Crippen LogP contribution in [0.25, 0.3) is 11.0 Å². The number of rotatable bonds is 4. The highest BCUT2D eigenvalue weighted by atomic mass is 19.4. The highest BCUT2D eigenvalue weighted by molar-refractivity contribution is 5.76. The zero-order valence-corrected chi connectivity index (χ0v) is 13.6. The van der Waals surface area contributed by atoms with Gasteiger partial charge in [0.15, 0.2) is 0 Å². The summed E-state index contributed by atoms with van der Waals surface area (Å²) in [5.41, 5.74) is -0.117. The zero-order chi connectivity index (χ0) is 19.2. The molecule has 0 unspecified atom stereocenters. The van der Waals surface area contributed by atoms with E-state index in [1.54, 1.807) is 0 Å². The summed E-state index contributed by atoms with van der Waals surface area (Å²) in [5.74, 6) is 0.0511. The fourth-order valence-electron chi connectivity index (χ4n) is 2.76. The Bertz CT molecular complexity index is 1010. The van der Waals surface area contributed by atoms with E-state index in [4.69, 9.17) is 9.47 Å². The number of aromatic amines is 1. The highest BCUT2D eigenvalue weighted by Gasteiger charge is 2.31. The molecular weight excluding hydrogens is 371 g/mol. The molecule has 0 fully saturated rings. The Kier molecular flexibility index (Phi) is 3.98. The zero-order valence-electron chi connectivity index (χ0n) is 13.6. The topological polar surface area (TPSA) is 108 Å². The lowest BCUT2D eigenvalue weighted by Crippen LogP contribution is -2.32. The Labute approximate surface area is 148 Å². The molecule has 0 saturated heterocycles. The van der Waals surface area contributed by atoms with E-state index in [1.165, 1.54) is 16.8 Å². The monoisotopic (exact) mass is 383 g/mol. The summed E-state index contributed by atoms with van der Waals surface area (Å²) in [5, 5.41) is 10.7. The lowest BCUT2D eigenvalue weighted by Gasteiger charge is -2.21. The number of halogens is 3. The number of aromatic nitrogens is 4. The van der Waals surface area contributed by atoms with E-state index < -0.39 is 22.8 Å². The third-order valence-corrected chi connectivity index (χ3v) is 4.03. The van der Waals surface area contributed by atoms with E-state index in [0.29, 0.717) is 17.9 Å². The molecule has 9 nitrogen and oxygen atoms in total. The number of hydrogen-bond acceptors (Lipinski definition) is 6. The largest absolute Gasteiger partial charge is 0.443 e. The summed E-state index contributed by atoms with van der Waals surface area (Å²) in [7, 11) is 0. The standard InChI is InChI=1S/C15H12F3N5O4/c16-15(17,18)8-1-2-10-11(3-8)20-12(19-10)7-26-9-4-22-5-13(23(24)25)21-14(22)27-6-9/h1-3,5,9H,4,6-7H2,(H,19,20)/t9-/m0/s1. The smallest absolute Gasteiger partial charge is 0.416 e. The molecular formula is C15H12F3N5O4. The second-order valence-corrected chi connectivity index (χ2v) is 5.95. The van der Waals surface area contributed by atoms with Crippen LogP contribution in [0.15, 0.2) is 24.4 Å². The quantitative estimate of drug-likeness (QED) is 0.548. The molecule has 0 spiro atoms. The van der Waals surface area contributed by atoms with Gasteiger partial charge in [-0.05, 0) is 23.1 Å². The predicted octanol–water partition coefficient (Wildman–Crippen LogP) is 2.66. The van der Waals surface area contributed by atoms with Crippen molar-refractivity contribution < 1.29 is 27.6 Å². The second-order valence-electron chi connectivity index (χ2n) is 5.95. The lowest BCUT2D eigenvalue weighted by atomic mass is 10.2. The first-order valence-electron chi connectivity index (χ1n) is 7.81. The van der Waals surface area contributed by atoms with Crippen molar-refractivity contribution in [1.29, 1.82) is 0 Å². The summed E-state index contributed by atoms with van der Waals surface area (Å²) in [6.07, 6.45) is -3.59. The van der Waals surface area contributed by atoms with Gasteiger partial charge in [-0.2, -0.15) is 13.2 Å². The van der Waals surface area contributed by atoms with Gasteiger partial charge < -0.3 is 24.6 Å². The molecule has 142 valence electrons.